The average molecular weight is 439 g/mol. The van der Waals surface area contributed by atoms with E-state index in [4.69, 9.17) is 9.51 Å². The van der Waals surface area contributed by atoms with Crippen molar-refractivity contribution in [3.05, 3.63) is 23.7 Å². The summed E-state index contributed by atoms with van der Waals surface area (Å²) in [6, 6.07) is 1.91. The van der Waals surface area contributed by atoms with Crippen molar-refractivity contribution < 1.29 is 14.1 Å². The van der Waals surface area contributed by atoms with Crippen LogP contribution in [0.15, 0.2) is 16.8 Å². The Hall–Kier alpha value is -2.97. The van der Waals surface area contributed by atoms with Crippen LogP contribution in [0.2, 0.25) is 0 Å². The van der Waals surface area contributed by atoms with E-state index in [1.54, 1.807) is 11.9 Å². The first-order chi connectivity index (χ1) is 15.5. The van der Waals surface area contributed by atoms with Crippen molar-refractivity contribution in [2.75, 3.05) is 44.7 Å². The van der Waals surface area contributed by atoms with E-state index in [1.807, 2.05) is 24.1 Å². The Bertz CT molecular complexity index is 1010. The summed E-state index contributed by atoms with van der Waals surface area (Å²) in [4.78, 5) is 40.6. The van der Waals surface area contributed by atoms with Crippen LogP contribution in [-0.2, 0) is 9.59 Å². The number of hydrogen-bond donors (Lipinski definition) is 0. The summed E-state index contributed by atoms with van der Waals surface area (Å²) >= 11 is 0. The van der Waals surface area contributed by atoms with Crippen LogP contribution in [0.1, 0.15) is 49.4 Å². The summed E-state index contributed by atoms with van der Waals surface area (Å²) in [5.74, 6) is 1.39. The molecule has 5 heterocycles. The van der Waals surface area contributed by atoms with Crippen LogP contribution in [0.4, 0.5) is 5.95 Å². The molecule has 0 spiro atoms. The molecule has 0 aromatic carbocycles. The Kier molecular flexibility index (Phi) is 5.57. The van der Waals surface area contributed by atoms with Crippen LogP contribution < -0.4 is 4.90 Å². The number of anilines is 1. The lowest BCUT2D eigenvalue weighted by atomic mass is 9.90. The minimum atomic E-state index is -0.242. The normalized spacial score (nSPS) is 23.9. The highest BCUT2D eigenvalue weighted by atomic mass is 16.5. The van der Waals surface area contributed by atoms with E-state index in [0.29, 0.717) is 25.3 Å². The van der Waals surface area contributed by atoms with Crippen LogP contribution in [0.5, 0.6) is 0 Å². The number of likely N-dealkylation sites (tertiary alicyclic amines) is 2. The van der Waals surface area contributed by atoms with E-state index in [-0.39, 0.29) is 23.7 Å². The molecule has 3 aliphatic rings. The van der Waals surface area contributed by atoms with Gasteiger partial charge in [0.05, 0.1) is 22.9 Å². The van der Waals surface area contributed by atoms with E-state index in [1.165, 1.54) is 0 Å². The minimum Gasteiger partial charge on any atom is -0.356 e. The van der Waals surface area contributed by atoms with Gasteiger partial charge in [0, 0.05) is 64.4 Å². The smallest absolute Gasteiger partial charge is 0.228 e. The van der Waals surface area contributed by atoms with Gasteiger partial charge in [0.2, 0.25) is 17.8 Å². The molecule has 0 saturated carbocycles. The fourth-order valence-corrected chi connectivity index (χ4v) is 5.13. The molecular formula is C23H30N6O3. The summed E-state index contributed by atoms with van der Waals surface area (Å²) < 4.78 is 5.56. The van der Waals surface area contributed by atoms with Crippen LogP contribution in [-0.4, -0.2) is 76.5 Å². The largest absolute Gasteiger partial charge is 0.356 e. The van der Waals surface area contributed by atoms with E-state index in [2.05, 4.69) is 15.0 Å². The van der Waals surface area contributed by atoms with Gasteiger partial charge in [-0.1, -0.05) is 5.16 Å². The fraction of sp³-hybridized carbons (Fsp3) is 0.609. The van der Waals surface area contributed by atoms with Crippen molar-refractivity contribution in [1.29, 1.82) is 0 Å². The quantitative estimate of drug-likeness (QED) is 0.722. The third-order valence-corrected chi connectivity index (χ3v) is 6.90. The number of carbonyl (C=O) groups excluding carboxylic acids is 2. The lowest BCUT2D eigenvalue weighted by Gasteiger charge is -2.34. The molecule has 32 heavy (non-hydrogen) atoms. The molecule has 2 amide bonds. The minimum absolute atomic E-state index is 0.0472. The summed E-state index contributed by atoms with van der Waals surface area (Å²) in [5.41, 5.74) is 2.59. The van der Waals surface area contributed by atoms with Crippen LogP contribution in [0.25, 0.3) is 11.3 Å². The monoisotopic (exact) mass is 438 g/mol. The zero-order valence-corrected chi connectivity index (χ0v) is 18.8. The van der Waals surface area contributed by atoms with Crippen molar-refractivity contribution in [3.63, 3.8) is 0 Å². The molecule has 9 nitrogen and oxygen atoms in total. The second-order valence-electron chi connectivity index (χ2n) is 9.29. The van der Waals surface area contributed by atoms with Gasteiger partial charge in [-0.15, -0.1) is 0 Å². The number of rotatable bonds is 4. The molecule has 3 saturated heterocycles. The van der Waals surface area contributed by atoms with Gasteiger partial charge < -0.3 is 19.2 Å². The third kappa shape index (κ3) is 3.96. The highest BCUT2D eigenvalue weighted by molar-refractivity contribution is 5.89. The molecule has 2 aromatic rings. The maximum Gasteiger partial charge on any atom is 0.228 e. The molecule has 5 rings (SSSR count). The SMILES string of the molecule is Cc1cc(-c2cnc(N3CCCC3)nc2C2CCCN(C(=O)C3CC(=O)N(C)C3)C2)on1. The van der Waals surface area contributed by atoms with Crippen molar-refractivity contribution in [3.8, 4) is 11.3 Å². The molecule has 2 unspecified atom stereocenters. The summed E-state index contributed by atoms with van der Waals surface area (Å²) in [7, 11) is 1.76. The molecule has 3 fully saturated rings. The Morgan fingerprint density at radius 1 is 1.16 bits per heavy atom. The first kappa shape index (κ1) is 20.9. The van der Waals surface area contributed by atoms with E-state index in [9.17, 15) is 9.59 Å². The standard InChI is InChI=1S/C23H30N6O3/c1-15-10-19(32-26-15)18-12-24-23(28-7-3-4-8-28)25-21(18)16-6-5-9-29(14-16)22(31)17-11-20(30)27(2)13-17/h10,12,16-17H,3-9,11,13-14H2,1-2H3. The van der Waals surface area contributed by atoms with Crippen LogP contribution in [0, 0.1) is 12.8 Å². The van der Waals surface area contributed by atoms with Gasteiger partial charge in [-0.25, -0.2) is 9.97 Å². The second kappa shape index (κ2) is 8.52. The average Bonchev–Trinajstić information content (AvgIpc) is 3.56. The van der Waals surface area contributed by atoms with E-state index >= 15 is 0 Å². The van der Waals surface area contributed by atoms with Gasteiger partial charge in [0.15, 0.2) is 5.76 Å². The summed E-state index contributed by atoms with van der Waals surface area (Å²) in [5, 5.41) is 4.05. The molecular weight excluding hydrogens is 408 g/mol. The zero-order valence-electron chi connectivity index (χ0n) is 18.8. The summed E-state index contributed by atoms with van der Waals surface area (Å²) in [6.45, 7) is 5.67. The molecule has 9 heteroatoms. The van der Waals surface area contributed by atoms with Crippen molar-refractivity contribution in [2.45, 2.75) is 44.9 Å². The van der Waals surface area contributed by atoms with Gasteiger partial charge in [-0.2, -0.15) is 0 Å². The fourth-order valence-electron chi connectivity index (χ4n) is 5.13. The maximum absolute atomic E-state index is 13.2. The second-order valence-corrected chi connectivity index (χ2v) is 9.29. The van der Waals surface area contributed by atoms with E-state index in [0.717, 1.165) is 68.2 Å². The first-order valence-corrected chi connectivity index (χ1v) is 11.6. The molecule has 0 radical (unpaired) electrons. The zero-order chi connectivity index (χ0) is 22.2. The predicted octanol–water partition coefficient (Wildman–Crippen LogP) is 2.22. The molecule has 2 atom stereocenters. The van der Waals surface area contributed by atoms with Crippen LogP contribution in [0.3, 0.4) is 0 Å². The molecule has 2 aromatic heterocycles. The Morgan fingerprint density at radius 3 is 2.66 bits per heavy atom. The number of hydrogen-bond acceptors (Lipinski definition) is 7. The van der Waals surface area contributed by atoms with Crippen LogP contribution >= 0.6 is 0 Å². The van der Waals surface area contributed by atoms with Gasteiger partial charge in [0.1, 0.15) is 0 Å². The number of piperidine rings is 1. The highest BCUT2D eigenvalue weighted by Crippen LogP contribution is 2.35. The number of aromatic nitrogens is 3. The lowest BCUT2D eigenvalue weighted by molar-refractivity contribution is -0.137. The Morgan fingerprint density at radius 2 is 1.97 bits per heavy atom. The number of nitrogens with zero attached hydrogens (tertiary/aromatic N) is 6. The number of carbonyl (C=O) groups is 2. The van der Waals surface area contributed by atoms with Crippen molar-refractivity contribution in [2.24, 2.45) is 5.92 Å². The number of aryl methyl sites for hydroxylation is 1. The van der Waals surface area contributed by atoms with Gasteiger partial charge in [0.25, 0.3) is 0 Å². The third-order valence-electron chi connectivity index (χ3n) is 6.90. The first-order valence-electron chi connectivity index (χ1n) is 11.6. The Balaban J connectivity index is 1.43. The number of amides is 2. The molecule has 170 valence electrons. The van der Waals surface area contributed by atoms with Crippen molar-refractivity contribution in [1.82, 2.24) is 24.9 Å². The van der Waals surface area contributed by atoms with Gasteiger partial charge in [-0.3, -0.25) is 9.59 Å². The Labute approximate surface area is 187 Å². The maximum atomic E-state index is 13.2. The molecule has 0 bridgehead atoms. The lowest BCUT2D eigenvalue weighted by Crippen LogP contribution is -2.43. The molecule has 3 aliphatic heterocycles. The summed E-state index contributed by atoms with van der Waals surface area (Å²) in [6.07, 6.45) is 6.33. The molecule has 0 aliphatic carbocycles. The topological polar surface area (TPSA) is 95.7 Å². The predicted molar refractivity (Wildman–Crippen MR) is 118 cm³/mol. The van der Waals surface area contributed by atoms with Gasteiger partial charge in [-0.05, 0) is 32.6 Å². The van der Waals surface area contributed by atoms with E-state index < -0.39 is 0 Å². The van der Waals surface area contributed by atoms with Crippen molar-refractivity contribution >= 4 is 17.8 Å². The molecule has 0 N–H and O–H groups in total. The highest BCUT2D eigenvalue weighted by Gasteiger charge is 2.37. The van der Waals surface area contributed by atoms with Gasteiger partial charge >= 0.3 is 0 Å².